The summed E-state index contributed by atoms with van der Waals surface area (Å²) in [5.41, 5.74) is 0.667. The van der Waals surface area contributed by atoms with E-state index in [-0.39, 0.29) is 17.9 Å². The highest BCUT2D eigenvalue weighted by Crippen LogP contribution is 2.22. The van der Waals surface area contributed by atoms with E-state index in [0.29, 0.717) is 18.2 Å². The molecule has 1 heterocycles. The summed E-state index contributed by atoms with van der Waals surface area (Å²) in [5, 5.41) is 3.16. The Bertz CT molecular complexity index is 523. The molecule has 1 saturated heterocycles. The number of hydrogen-bond acceptors (Lipinski definition) is 2. The number of nitrogens with one attached hydrogen (secondary N) is 1. The minimum absolute atomic E-state index is 0.0260. The van der Waals surface area contributed by atoms with Gasteiger partial charge in [0, 0.05) is 18.2 Å². The molecule has 4 nitrogen and oxygen atoms in total. The number of benzene rings is 1. The van der Waals surface area contributed by atoms with E-state index in [0.717, 1.165) is 25.7 Å². The molecule has 1 aromatic carbocycles. The number of amides is 2. The van der Waals surface area contributed by atoms with Crippen LogP contribution in [0.4, 0.5) is 0 Å². The maximum atomic E-state index is 12.6. The third kappa shape index (κ3) is 3.32. The number of carbonyl (C=O) groups is 2. The van der Waals surface area contributed by atoms with Gasteiger partial charge in [0.15, 0.2) is 0 Å². The Morgan fingerprint density at radius 3 is 2.41 bits per heavy atom. The maximum absolute atomic E-state index is 12.6. The van der Waals surface area contributed by atoms with Crippen molar-refractivity contribution in [2.45, 2.75) is 57.0 Å². The first kappa shape index (κ1) is 15.1. The Hall–Kier alpha value is -1.84. The van der Waals surface area contributed by atoms with Crippen LogP contribution in [0.3, 0.4) is 0 Å². The SMILES string of the molecule is O=C(NC1CCCCC1)C1CCCN1C(=O)c1ccccc1. The molecule has 118 valence electrons. The molecule has 0 bridgehead atoms. The highest BCUT2D eigenvalue weighted by molar-refractivity contribution is 5.97. The summed E-state index contributed by atoms with van der Waals surface area (Å²) >= 11 is 0. The maximum Gasteiger partial charge on any atom is 0.254 e. The van der Waals surface area contributed by atoms with Gasteiger partial charge in [-0.1, -0.05) is 37.5 Å². The fourth-order valence-corrected chi connectivity index (χ4v) is 3.57. The largest absolute Gasteiger partial charge is 0.352 e. The molecule has 0 radical (unpaired) electrons. The minimum Gasteiger partial charge on any atom is -0.352 e. The Morgan fingerprint density at radius 1 is 0.955 bits per heavy atom. The summed E-state index contributed by atoms with van der Waals surface area (Å²) < 4.78 is 0. The van der Waals surface area contributed by atoms with Gasteiger partial charge in [-0.25, -0.2) is 0 Å². The van der Waals surface area contributed by atoms with Crippen molar-refractivity contribution in [2.75, 3.05) is 6.54 Å². The standard InChI is InChI=1S/C18H24N2O2/c21-17(19-15-10-5-2-6-11-15)16-12-7-13-20(16)18(22)14-8-3-1-4-9-14/h1,3-4,8-9,15-16H,2,5-7,10-13H2,(H,19,21). The Labute approximate surface area is 131 Å². The molecule has 1 aliphatic carbocycles. The molecule has 1 N–H and O–H groups in total. The van der Waals surface area contributed by atoms with Crippen LogP contribution in [0.2, 0.25) is 0 Å². The van der Waals surface area contributed by atoms with Gasteiger partial charge in [0.2, 0.25) is 5.91 Å². The molecule has 1 aromatic rings. The predicted molar refractivity (Wildman–Crippen MR) is 85.5 cm³/mol. The van der Waals surface area contributed by atoms with Crippen LogP contribution in [0.5, 0.6) is 0 Å². The van der Waals surface area contributed by atoms with Crippen molar-refractivity contribution in [2.24, 2.45) is 0 Å². The van der Waals surface area contributed by atoms with Crippen LogP contribution in [0, 0.1) is 0 Å². The van der Waals surface area contributed by atoms with Crippen molar-refractivity contribution in [3.63, 3.8) is 0 Å². The average Bonchev–Trinajstić information content (AvgIpc) is 3.05. The molecule has 2 amide bonds. The highest BCUT2D eigenvalue weighted by Gasteiger charge is 2.35. The third-order valence-electron chi connectivity index (χ3n) is 4.79. The summed E-state index contributed by atoms with van der Waals surface area (Å²) in [5.74, 6) is 0.00979. The zero-order valence-electron chi connectivity index (χ0n) is 13.0. The molecule has 1 aliphatic heterocycles. The number of carbonyl (C=O) groups excluding carboxylic acids is 2. The van der Waals surface area contributed by atoms with Gasteiger partial charge in [0.05, 0.1) is 0 Å². The van der Waals surface area contributed by atoms with Crippen LogP contribution < -0.4 is 5.32 Å². The lowest BCUT2D eigenvalue weighted by Gasteiger charge is -2.28. The molecule has 2 fully saturated rings. The molecule has 4 heteroatoms. The van der Waals surface area contributed by atoms with Crippen LogP contribution >= 0.6 is 0 Å². The van der Waals surface area contributed by atoms with E-state index in [2.05, 4.69) is 5.32 Å². The van der Waals surface area contributed by atoms with E-state index >= 15 is 0 Å². The number of hydrogen-bond donors (Lipinski definition) is 1. The second-order valence-electron chi connectivity index (χ2n) is 6.37. The van der Waals surface area contributed by atoms with E-state index in [1.54, 1.807) is 4.90 Å². The quantitative estimate of drug-likeness (QED) is 0.933. The topological polar surface area (TPSA) is 49.4 Å². The number of nitrogens with zero attached hydrogens (tertiary/aromatic N) is 1. The van der Waals surface area contributed by atoms with Crippen LogP contribution in [0.1, 0.15) is 55.3 Å². The lowest BCUT2D eigenvalue weighted by atomic mass is 9.95. The van der Waals surface area contributed by atoms with Crippen LogP contribution in [0.15, 0.2) is 30.3 Å². The van der Waals surface area contributed by atoms with Crippen molar-refractivity contribution in [1.29, 1.82) is 0 Å². The van der Waals surface area contributed by atoms with Crippen molar-refractivity contribution < 1.29 is 9.59 Å². The molecule has 22 heavy (non-hydrogen) atoms. The predicted octanol–water partition coefficient (Wildman–Crippen LogP) is 2.74. The highest BCUT2D eigenvalue weighted by atomic mass is 16.2. The summed E-state index contributed by atoms with van der Waals surface area (Å²) in [4.78, 5) is 26.9. The average molecular weight is 300 g/mol. The molecule has 2 aliphatic rings. The molecular weight excluding hydrogens is 276 g/mol. The monoisotopic (exact) mass is 300 g/mol. The second-order valence-corrected chi connectivity index (χ2v) is 6.37. The Balaban J connectivity index is 1.64. The van der Waals surface area contributed by atoms with Gasteiger partial charge in [-0.2, -0.15) is 0 Å². The normalized spacial score (nSPS) is 22.5. The van der Waals surface area contributed by atoms with Gasteiger partial charge in [-0.3, -0.25) is 9.59 Å². The van der Waals surface area contributed by atoms with Crippen LogP contribution in [-0.2, 0) is 4.79 Å². The van der Waals surface area contributed by atoms with E-state index in [1.165, 1.54) is 19.3 Å². The van der Waals surface area contributed by atoms with Crippen LogP contribution in [-0.4, -0.2) is 35.3 Å². The first-order valence-electron chi connectivity index (χ1n) is 8.42. The number of likely N-dealkylation sites (tertiary alicyclic amines) is 1. The first-order valence-corrected chi connectivity index (χ1v) is 8.42. The minimum atomic E-state index is -0.297. The molecule has 1 unspecified atom stereocenters. The molecule has 0 aromatic heterocycles. The summed E-state index contributed by atoms with van der Waals surface area (Å²) in [6, 6.07) is 9.26. The molecule has 1 atom stereocenters. The Kier molecular flexibility index (Phi) is 4.76. The van der Waals surface area contributed by atoms with Gasteiger partial charge in [-0.15, -0.1) is 0 Å². The molecule has 1 saturated carbocycles. The molecule has 3 rings (SSSR count). The fourth-order valence-electron chi connectivity index (χ4n) is 3.57. The van der Waals surface area contributed by atoms with E-state index in [9.17, 15) is 9.59 Å². The van der Waals surface area contributed by atoms with Gasteiger partial charge >= 0.3 is 0 Å². The second kappa shape index (κ2) is 6.95. The van der Waals surface area contributed by atoms with Gasteiger partial charge < -0.3 is 10.2 Å². The van der Waals surface area contributed by atoms with Crippen molar-refractivity contribution in [3.05, 3.63) is 35.9 Å². The first-order chi connectivity index (χ1) is 10.8. The van der Waals surface area contributed by atoms with E-state index < -0.39 is 0 Å². The smallest absolute Gasteiger partial charge is 0.254 e. The Morgan fingerprint density at radius 2 is 1.68 bits per heavy atom. The van der Waals surface area contributed by atoms with Crippen LogP contribution in [0.25, 0.3) is 0 Å². The lowest BCUT2D eigenvalue weighted by molar-refractivity contribution is -0.125. The third-order valence-corrected chi connectivity index (χ3v) is 4.79. The van der Waals surface area contributed by atoms with Gasteiger partial charge in [-0.05, 0) is 37.8 Å². The van der Waals surface area contributed by atoms with Crippen molar-refractivity contribution in [3.8, 4) is 0 Å². The molecule has 0 spiro atoms. The van der Waals surface area contributed by atoms with Crippen molar-refractivity contribution in [1.82, 2.24) is 10.2 Å². The number of rotatable bonds is 3. The van der Waals surface area contributed by atoms with Gasteiger partial charge in [0.25, 0.3) is 5.91 Å². The zero-order chi connectivity index (χ0) is 15.4. The lowest BCUT2D eigenvalue weighted by Crippen LogP contribution is -2.49. The summed E-state index contributed by atoms with van der Waals surface area (Å²) in [6.07, 6.45) is 7.49. The van der Waals surface area contributed by atoms with E-state index in [4.69, 9.17) is 0 Å². The van der Waals surface area contributed by atoms with E-state index in [1.807, 2.05) is 30.3 Å². The van der Waals surface area contributed by atoms with Crippen molar-refractivity contribution >= 4 is 11.8 Å². The molecular formula is C18H24N2O2. The summed E-state index contributed by atoms with van der Waals surface area (Å²) in [7, 11) is 0. The zero-order valence-corrected chi connectivity index (χ0v) is 13.0. The fraction of sp³-hybridized carbons (Fsp3) is 0.556. The van der Waals surface area contributed by atoms with Gasteiger partial charge in [0.1, 0.15) is 6.04 Å². The summed E-state index contributed by atoms with van der Waals surface area (Å²) in [6.45, 7) is 0.677.